The van der Waals surface area contributed by atoms with Gasteiger partial charge < -0.3 is 15.0 Å². The number of ether oxygens (including phenoxy) is 1. The minimum atomic E-state index is -0.109. The molecule has 4 nitrogen and oxygen atoms in total. The number of aromatic amines is 1. The van der Waals surface area contributed by atoms with Gasteiger partial charge in [-0.2, -0.15) is 0 Å². The Morgan fingerprint density at radius 1 is 1.57 bits per heavy atom. The van der Waals surface area contributed by atoms with Crippen molar-refractivity contribution in [3.8, 4) is 0 Å². The second-order valence-corrected chi connectivity index (χ2v) is 6.62. The van der Waals surface area contributed by atoms with E-state index < -0.39 is 0 Å². The number of rotatable bonds is 6. The van der Waals surface area contributed by atoms with Crippen LogP contribution in [0.1, 0.15) is 50.4 Å². The summed E-state index contributed by atoms with van der Waals surface area (Å²) in [5, 5.41) is 3.08. The van der Waals surface area contributed by atoms with Crippen LogP contribution in [-0.2, 0) is 4.74 Å². The summed E-state index contributed by atoms with van der Waals surface area (Å²) in [5.74, 6) is -0.109. The van der Waals surface area contributed by atoms with Crippen molar-refractivity contribution in [1.29, 1.82) is 0 Å². The van der Waals surface area contributed by atoms with Crippen molar-refractivity contribution in [2.75, 3.05) is 6.61 Å². The van der Waals surface area contributed by atoms with Crippen LogP contribution in [0.25, 0.3) is 0 Å². The summed E-state index contributed by atoms with van der Waals surface area (Å²) in [7, 11) is 0. The van der Waals surface area contributed by atoms with Crippen LogP contribution in [0, 0.1) is 10.1 Å². The molecule has 1 aromatic rings. The quantitative estimate of drug-likeness (QED) is 0.625. The highest BCUT2D eigenvalue weighted by Crippen LogP contribution is 2.42. The maximum atomic E-state index is 12.3. The minimum Gasteiger partial charge on any atom is -0.378 e. The number of hydrogen-bond donors (Lipinski definition) is 2. The molecule has 1 amide bonds. The number of hydrogen-bond acceptors (Lipinski definition) is 3. The van der Waals surface area contributed by atoms with E-state index in [1.807, 2.05) is 0 Å². The monoisotopic (exact) mass is 308 g/mol. The first-order valence-electron chi connectivity index (χ1n) is 7.57. The van der Waals surface area contributed by atoms with Crippen LogP contribution in [0.5, 0.6) is 0 Å². The molecule has 1 fully saturated rings. The molecule has 0 unspecified atom stereocenters. The Kier molecular flexibility index (Phi) is 5.17. The molecular formula is C16H24N2O2S. The Morgan fingerprint density at radius 2 is 2.33 bits per heavy atom. The van der Waals surface area contributed by atoms with E-state index in [0.717, 1.165) is 25.9 Å². The SMILES string of the molecule is CCCCO[C@H]1C[C@@H](NC(=O)c2ccc[nH]c2=S)C1(C)C. The Labute approximate surface area is 131 Å². The van der Waals surface area contributed by atoms with E-state index in [9.17, 15) is 4.79 Å². The first-order chi connectivity index (χ1) is 9.96. The summed E-state index contributed by atoms with van der Waals surface area (Å²) in [4.78, 5) is 15.2. The highest BCUT2D eigenvalue weighted by atomic mass is 32.1. The van der Waals surface area contributed by atoms with Crippen LogP contribution in [0.4, 0.5) is 0 Å². The van der Waals surface area contributed by atoms with Crippen LogP contribution >= 0.6 is 12.2 Å². The minimum absolute atomic E-state index is 0.0382. The zero-order valence-corrected chi connectivity index (χ0v) is 13.8. The third kappa shape index (κ3) is 3.52. The van der Waals surface area contributed by atoms with Crippen molar-refractivity contribution in [2.45, 2.75) is 52.2 Å². The molecule has 1 aliphatic rings. The van der Waals surface area contributed by atoms with Gasteiger partial charge in [0.25, 0.3) is 5.91 Å². The molecule has 0 bridgehead atoms. The van der Waals surface area contributed by atoms with E-state index in [1.54, 1.807) is 18.3 Å². The van der Waals surface area contributed by atoms with Crippen molar-refractivity contribution >= 4 is 18.1 Å². The van der Waals surface area contributed by atoms with Crippen LogP contribution in [0.15, 0.2) is 18.3 Å². The topological polar surface area (TPSA) is 54.1 Å². The summed E-state index contributed by atoms with van der Waals surface area (Å²) in [6.45, 7) is 7.24. The lowest BCUT2D eigenvalue weighted by molar-refractivity contribution is -0.115. The van der Waals surface area contributed by atoms with Gasteiger partial charge in [0.1, 0.15) is 4.64 Å². The number of carbonyl (C=O) groups excluding carboxylic acids is 1. The van der Waals surface area contributed by atoms with E-state index in [4.69, 9.17) is 17.0 Å². The molecule has 116 valence electrons. The molecule has 1 aliphatic carbocycles. The van der Waals surface area contributed by atoms with Crippen LogP contribution < -0.4 is 5.32 Å². The average Bonchev–Trinajstić information content (AvgIpc) is 2.45. The predicted octanol–water partition coefficient (Wildman–Crippen LogP) is 3.46. The molecule has 0 aromatic carbocycles. The zero-order chi connectivity index (χ0) is 15.5. The molecular weight excluding hydrogens is 284 g/mol. The van der Waals surface area contributed by atoms with Crippen LogP contribution in [0.2, 0.25) is 0 Å². The molecule has 1 aromatic heterocycles. The first kappa shape index (κ1) is 16.2. The number of amides is 1. The summed E-state index contributed by atoms with van der Waals surface area (Å²) in [5.41, 5.74) is 0.488. The van der Waals surface area contributed by atoms with Crippen LogP contribution in [0.3, 0.4) is 0 Å². The van der Waals surface area contributed by atoms with Gasteiger partial charge in [-0.05, 0) is 25.0 Å². The summed E-state index contributed by atoms with van der Waals surface area (Å²) in [6, 6.07) is 3.66. The van der Waals surface area contributed by atoms with Crippen molar-refractivity contribution in [1.82, 2.24) is 10.3 Å². The summed E-state index contributed by atoms with van der Waals surface area (Å²) in [6.07, 6.45) is 5.04. The van der Waals surface area contributed by atoms with Gasteiger partial charge in [-0.3, -0.25) is 4.79 Å². The number of unbranched alkanes of at least 4 members (excludes halogenated alkanes) is 1. The molecule has 2 rings (SSSR count). The molecule has 2 N–H and O–H groups in total. The van der Waals surface area contributed by atoms with Crippen molar-refractivity contribution in [2.24, 2.45) is 5.41 Å². The standard InChI is InChI=1S/C16H24N2O2S/c1-4-5-9-20-13-10-12(16(13,2)3)18-14(19)11-7-6-8-17-15(11)21/h6-8,12-13H,4-5,9-10H2,1-3H3,(H,17,21)(H,18,19)/t12-,13+/m1/s1. The fraction of sp³-hybridized carbons (Fsp3) is 0.625. The van der Waals surface area contributed by atoms with Gasteiger partial charge in [0.2, 0.25) is 0 Å². The Morgan fingerprint density at radius 3 is 2.95 bits per heavy atom. The molecule has 1 saturated carbocycles. The lowest BCUT2D eigenvalue weighted by Crippen LogP contribution is -2.62. The van der Waals surface area contributed by atoms with Gasteiger partial charge in [-0.1, -0.05) is 39.4 Å². The lowest BCUT2D eigenvalue weighted by atomic mass is 9.64. The Hall–Kier alpha value is -1.20. The lowest BCUT2D eigenvalue weighted by Gasteiger charge is -2.51. The smallest absolute Gasteiger partial charge is 0.254 e. The average molecular weight is 308 g/mol. The number of aromatic nitrogens is 1. The van der Waals surface area contributed by atoms with E-state index in [0.29, 0.717) is 10.2 Å². The van der Waals surface area contributed by atoms with E-state index in [1.165, 1.54) is 0 Å². The normalized spacial score (nSPS) is 23.4. The number of pyridine rings is 1. The first-order valence-corrected chi connectivity index (χ1v) is 7.97. The van der Waals surface area contributed by atoms with E-state index in [2.05, 4.69) is 31.1 Å². The summed E-state index contributed by atoms with van der Waals surface area (Å²) >= 11 is 5.15. The van der Waals surface area contributed by atoms with Gasteiger partial charge >= 0.3 is 0 Å². The molecule has 5 heteroatoms. The van der Waals surface area contributed by atoms with Gasteiger partial charge in [0.15, 0.2) is 0 Å². The fourth-order valence-electron chi connectivity index (χ4n) is 2.62. The van der Waals surface area contributed by atoms with Crippen molar-refractivity contribution in [3.05, 3.63) is 28.5 Å². The molecule has 0 radical (unpaired) electrons. The molecule has 2 atom stereocenters. The molecule has 1 heterocycles. The Balaban J connectivity index is 1.92. The van der Waals surface area contributed by atoms with Crippen molar-refractivity contribution in [3.63, 3.8) is 0 Å². The molecule has 21 heavy (non-hydrogen) atoms. The molecule has 0 spiro atoms. The second-order valence-electron chi connectivity index (χ2n) is 6.21. The Bertz CT molecular complexity index is 553. The van der Waals surface area contributed by atoms with Crippen LogP contribution in [-0.4, -0.2) is 29.6 Å². The number of H-pyrrole nitrogens is 1. The van der Waals surface area contributed by atoms with Gasteiger partial charge in [0, 0.05) is 24.3 Å². The molecule has 0 aliphatic heterocycles. The maximum absolute atomic E-state index is 12.3. The van der Waals surface area contributed by atoms with E-state index >= 15 is 0 Å². The largest absolute Gasteiger partial charge is 0.378 e. The van der Waals surface area contributed by atoms with Gasteiger partial charge in [-0.25, -0.2) is 0 Å². The highest BCUT2D eigenvalue weighted by molar-refractivity contribution is 7.71. The maximum Gasteiger partial charge on any atom is 0.254 e. The fourth-order valence-corrected chi connectivity index (χ4v) is 2.85. The number of carbonyl (C=O) groups is 1. The van der Waals surface area contributed by atoms with E-state index in [-0.39, 0.29) is 23.5 Å². The van der Waals surface area contributed by atoms with Gasteiger partial charge in [-0.15, -0.1) is 0 Å². The number of nitrogens with one attached hydrogen (secondary N) is 2. The predicted molar refractivity (Wildman–Crippen MR) is 85.9 cm³/mol. The third-order valence-corrected chi connectivity index (χ3v) is 4.70. The zero-order valence-electron chi connectivity index (χ0n) is 12.9. The highest BCUT2D eigenvalue weighted by Gasteiger charge is 2.49. The third-order valence-electron chi connectivity index (χ3n) is 4.36. The van der Waals surface area contributed by atoms with Gasteiger partial charge in [0.05, 0.1) is 11.7 Å². The second kappa shape index (κ2) is 6.71. The molecule has 0 saturated heterocycles. The van der Waals surface area contributed by atoms with Crippen molar-refractivity contribution < 1.29 is 9.53 Å². The summed E-state index contributed by atoms with van der Waals surface area (Å²) < 4.78 is 6.37.